The zero-order chi connectivity index (χ0) is 21.1. The number of nitrogens with zero attached hydrogens (tertiary/aromatic N) is 3. The van der Waals surface area contributed by atoms with E-state index in [1.54, 1.807) is 24.1 Å². The largest absolute Gasteiger partial charge is 0.491 e. The fraction of sp³-hybridized carbons (Fsp3) is 0.250. The van der Waals surface area contributed by atoms with Crippen molar-refractivity contribution < 1.29 is 13.9 Å². The third-order valence-electron chi connectivity index (χ3n) is 5.32. The van der Waals surface area contributed by atoms with Crippen molar-refractivity contribution in [2.45, 2.75) is 26.9 Å². The molecule has 0 radical (unpaired) electrons. The molecule has 0 N–H and O–H groups in total. The normalized spacial score (nSPS) is 11.0. The molecule has 2 aromatic carbocycles. The van der Waals surface area contributed by atoms with E-state index in [-0.39, 0.29) is 5.91 Å². The Bertz CT molecular complexity index is 1160. The molecule has 2 aromatic heterocycles. The number of rotatable bonds is 7. The van der Waals surface area contributed by atoms with Crippen LogP contribution in [0.1, 0.15) is 27.5 Å². The first kappa shape index (κ1) is 19.8. The van der Waals surface area contributed by atoms with Crippen LogP contribution in [0.5, 0.6) is 5.75 Å². The van der Waals surface area contributed by atoms with Crippen LogP contribution in [0.25, 0.3) is 11.0 Å². The van der Waals surface area contributed by atoms with E-state index in [9.17, 15) is 4.79 Å². The highest BCUT2D eigenvalue weighted by molar-refractivity contribution is 5.91. The van der Waals surface area contributed by atoms with Gasteiger partial charge in [-0.1, -0.05) is 24.3 Å². The fourth-order valence-electron chi connectivity index (χ4n) is 3.50. The topological polar surface area (TPSA) is 60.5 Å². The van der Waals surface area contributed by atoms with Crippen molar-refractivity contribution in [2.75, 3.05) is 13.7 Å². The standard InChI is InChI=1S/C24H25N3O3/c1-17-8-6-11-21(18(17)2)30-15-13-27-20-10-5-4-9-19(20)25-23(27)16-26(3)24(28)22-12-7-14-29-22/h4-12,14H,13,15-16H2,1-3H3. The summed E-state index contributed by atoms with van der Waals surface area (Å²) in [6.45, 7) is 5.66. The van der Waals surface area contributed by atoms with Gasteiger partial charge in [-0.25, -0.2) is 4.98 Å². The molecule has 2 heterocycles. The van der Waals surface area contributed by atoms with Crippen molar-refractivity contribution >= 4 is 16.9 Å². The van der Waals surface area contributed by atoms with E-state index < -0.39 is 0 Å². The summed E-state index contributed by atoms with van der Waals surface area (Å²) in [7, 11) is 1.75. The van der Waals surface area contributed by atoms with E-state index in [4.69, 9.17) is 14.1 Å². The Hall–Kier alpha value is -3.54. The van der Waals surface area contributed by atoms with E-state index in [1.807, 2.05) is 36.4 Å². The molecule has 4 rings (SSSR count). The number of para-hydroxylation sites is 2. The first-order valence-electron chi connectivity index (χ1n) is 9.96. The maximum atomic E-state index is 12.6. The van der Waals surface area contributed by atoms with Gasteiger partial charge in [-0.3, -0.25) is 4.79 Å². The Kier molecular flexibility index (Phi) is 5.57. The molecule has 0 saturated carbocycles. The Labute approximate surface area is 175 Å². The number of aromatic nitrogens is 2. The minimum atomic E-state index is -0.176. The molecule has 0 aliphatic carbocycles. The fourth-order valence-corrected chi connectivity index (χ4v) is 3.50. The number of amides is 1. The Morgan fingerprint density at radius 3 is 2.73 bits per heavy atom. The zero-order valence-electron chi connectivity index (χ0n) is 17.5. The third-order valence-corrected chi connectivity index (χ3v) is 5.32. The molecule has 0 unspecified atom stereocenters. The third kappa shape index (κ3) is 3.94. The maximum Gasteiger partial charge on any atom is 0.289 e. The van der Waals surface area contributed by atoms with Crippen LogP contribution in [0.2, 0.25) is 0 Å². The summed E-state index contributed by atoms with van der Waals surface area (Å²) in [6, 6.07) is 17.4. The number of carbonyl (C=O) groups excluding carboxylic acids is 1. The lowest BCUT2D eigenvalue weighted by molar-refractivity contribution is 0.0748. The van der Waals surface area contributed by atoms with Gasteiger partial charge >= 0.3 is 0 Å². The van der Waals surface area contributed by atoms with Gasteiger partial charge in [0.25, 0.3) is 5.91 Å². The van der Waals surface area contributed by atoms with Gasteiger partial charge in [0, 0.05) is 7.05 Å². The molecular weight excluding hydrogens is 378 g/mol. The predicted octanol–water partition coefficient (Wildman–Crippen LogP) is 4.60. The van der Waals surface area contributed by atoms with Crippen molar-refractivity contribution in [1.82, 2.24) is 14.5 Å². The zero-order valence-corrected chi connectivity index (χ0v) is 17.5. The van der Waals surface area contributed by atoms with Crippen LogP contribution in [0.4, 0.5) is 0 Å². The molecule has 0 aliphatic rings. The van der Waals surface area contributed by atoms with E-state index >= 15 is 0 Å². The number of ether oxygens (including phenoxy) is 1. The summed E-state index contributed by atoms with van der Waals surface area (Å²) in [6.07, 6.45) is 1.50. The van der Waals surface area contributed by atoms with Crippen molar-refractivity contribution in [3.63, 3.8) is 0 Å². The molecule has 30 heavy (non-hydrogen) atoms. The Morgan fingerprint density at radius 1 is 1.10 bits per heavy atom. The first-order chi connectivity index (χ1) is 14.5. The summed E-state index contributed by atoms with van der Waals surface area (Å²) in [5, 5.41) is 0. The molecule has 0 spiro atoms. The van der Waals surface area contributed by atoms with Crippen LogP contribution in [-0.2, 0) is 13.1 Å². The number of imidazole rings is 1. The minimum Gasteiger partial charge on any atom is -0.491 e. The van der Waals surface area contributed by atoms with Crippen molar-refractivity contribution in [1.29, 1.82) is 0 Å². The molecule has 0 atom stereocenters. The lowest BCUT2D eigenvalue weighted by Gasteiger charge is -2.17. The number of hydrogen-bond acceptors (Lipinski definition) is 4. The molecule has 0 aliphatic heterocycles. The maximum absolute atomic E-state index is 12.6. The average Bonchev–Trinajstić information content (AvgIpc) is 3.39. The summed E-state index contributed by atoms with van der Waals surface area (Å²) < 4.78 is 13.4. The molecule has 0 bridgehead atoms. The lowest BCUT2D eigenvalue weighted by Crippen LogP contribution is -2.27. The minimum absolute atomic E-state index is 0.176. The highest BCUT2D eigenvalue weighted by Crippen LogP contribution is 2.22. The van der Waals surface area contributed by atoms with Crippen LogP contribution in [-0.4, -0.2) is 34.0 Å². The van der Waals surface area contributed by atoms with Crippen LogP contribution < -0.4 is 4.74 Å². The summed E-state index contributed by atoms with van der Waals surface area (Å²) in [5.74, 6) is 1.85. The van der Waals surface area contributed by atoms with E-state index in [1.165, 1.54) is 11.8 Å². The lowest BCUT2D eigenvalue weighted by atomic mass is 10.1. The smallest absolute Gasteiger partial charge is 0.289 e. The number of carbonyl (C=O) groups is 1. The SMILES string of the molecule is Cc1cccc(OCCn2c(CN(C)C(=O)c3ccco3)nc3ccccc32)c1C. The average molecular weight is 403 g/mol. The number of furan rings is 1. The van der Waals surface area contributed by atoms with Crippen molar-refractivity contribution in [3.05, 3.63) is 83.6 Å². The summed E-state index contributed by atoms with van der Waals surface area (Å²) in [4.78, 5) is 18.9. The predicted molar refractivity (Wildman–Crippen MR) is 116 cm³/mol. The van der Waals surface area contributed by atoms with Gasteiger partial charge in [-0.2, -0.15) is 0 Å². The molecule has 0 fully saturated rings. The van der Waals surface area contributed by atoms with Crippen LogP contribution >= 0.6 is 0 Å². The molecule has 1 amide bonds. The Morgan fingerprint density at radius 2 is 1.93 bits per heavy atom. The van der Waals surface area contributed by atoms with Gasteiger partial charge in [0.05, 0.1) is 30.4 Å². The van der Waals surface area contributed by atoms with E-state index in [0.29, 0.717) is 25.5 Å². The second kappa shape index (κ2) is 8.45. The molecule has 0 saturated heterocycles. The van der Waals surface area contributed by atoms with E-state index in [2.05, 4.69) is 24.5 Å². The van der Waals surface area contributed by atoms with Gasteiger partial charge in [0.1, 0.15) is 18.2 Å². The van der Waals surface area contributed by atoms with Gasteiger partial charge < -0.3 is 18.6 Å². The summed E-state index contributed by atoms with van der Waals surface area (Å²) >= 11 is 0. The number of hydrogen-bond donors (Lipinski definition) is 0. The Balaban J connectivity index is 1.54. The number of fused-ring (bicyclic) bond motifs is 1. The second-order valence-electron chi connectivity index (χ2n) is 7.35. The molecular formula is C24H25N3O3. The second-order valence-corrected chi connectivity index (χ2v) is 7.35. The highest BCUT2D eigenvalue weighted by atomic mass is 16.5. The van der Waals surface area contributed by atoms with Crippen LogP contribution in [0, 0.1) is 13.8 Å². The quantitative estimate of drug-likeness (QED) is 0.453. The molecule has 6 heteroatoms. The van der Waals surface area contributed by atoms with Crippen molar-refractivity contribution in [3.8, 4) is 5.75 Å². The molecule has 4 aromatic rings. The monoisotopic (exact) mass is 403 g/mol. The highest BCUT2D eigenvalue weighted by Gasteiger charge is 2.18. The van der Waals surface area contributed by atoms with Crippen LogP contribution in [0.3, 0.4) is 0 Å². The van der Waals surface area contributed by atoms with Gasteiger partial charge in [-0.05, 0) is 55.3 Å². The molecule has 154 valence electrons. The molecule has 6 nitrogen and oxygen atoms in total. The van der Waals surface area contributed by atoms with Crippen LogP contribution in [0.15, 0.2) is 65.3 Å². The first-order valence-corrected chi connectivity index (χ1v) is 9.96. The van der Waals surface area contributed by atoms with Gasteiger partial charge in [0.15, 0.2) is 5.76 Å². The number of benzene rings is 2. The number of aryl methyl sites for hydroxylation is 1. The van der Waals surface area contributed by atoms with Crippen molar-refractivity contribution in [2.24, 2.45) is 0 Å². The van der Waals surface area contributed by atoms with Gasteiger partial charge in [-0.15, -0.1) is 0 Å². The van der Waals surface area contributed by atoms with Gasteiger partial charge in [0.2, 0.25) is 0 Å². The summed E-state index contributed by atoms with van der Waals surface area (Å²) in [5.41, 5.74) is 4.28. The van der Waals surface area contributed by atoms with E-state index in [0.717, 1.165) is 28.2 Å².